The molecule has 1 amide bonds. The fourth-order valence-corrected chi connectivity index (χ4v) is 3.30. The lowest BCUT2D eigenvalue weighted by Crippen LogP contribution is -2.43. The molecule has 2 aromatic rings. The third-order valence-electron chi connectivity index (χ3n) is 2.15. The Labute approximate surface area is 104 Å². The van der Waals surface area contributed by atoms with Crippen molar-refractivity contribution in [1.29, 1.82) is 0 Å². The summed E-state index contributed by atoms with van der Waals surface area (Å²) in [4.78, 5) is 22.8. The van der Waals surface area contributed by atoms with E-state index in [2.05, 4.69) is 5.32 Å². The summed E-state index contributed by atoms with van der Waals surface area (Å²) in [5.74, 6) is -1.72. The molecule has 3 N–H and O–H groups in total. The highest BCUT2D eigenvalue weighted by Gasteiger charge is 2.20. The number of hydrogen-bond donors (Lipinski definition) is 3. The number of carboxylic acid groups (broad SMARTS) is 1. The molecular formula is C10H9NO4S2. The molecule has 0 aromatic carbocycles. The summed E-state index contributed by atoms with van der Waals surface area (Å²) in [5.41, 5.74) is 0. The Morgan fingerprint density at radius 1 is 1.41 bits per heavy atom. The van der Waals surface area contributed by atoms with Crippen molar-refractivity contribution in [2.45, 2.75) is 6.04 Å². The minimum absolute atomic E-state index is 0.451. The first-order valence-electron chi connectivity index (χ1n) is 4.73. The molecule has 0 aliphatic heterocycles. The molecule has 0 unspecified atom stereocenters. The molecule has 0 bridgehead atoms. The van der Waals surface area contributed by atoms with Crippen molar-refractivity contribution in [2.24, 2.45) is 0 Å². The molecule has 1 atom stereocenters. The first-order chi connectivity index (χ1) is 8.11. The summed E-state index contributed by atoms with van der Waals surface area (Å²) in [6.45, 7) is -0.624. The van der Waals surface area contributed by atoms with Gasteiger partial charge in [0, 0.05) is 9.40 Å². The smallest absolute Gasteiger partial charge is 0.328 e. The molecular weight excluding hydrogens is 262 g/mol. The van der Waals surface area contributed by atoms with Crippen LogP contribution in [0.4, 0.5) is 0 Å². The first kappa shape index (κ1) is 12.0. The van der Waals surface area contributed by atoms with E-state index in [9.17, 15) is 9.59 Å². The van der Waals surface area contributed by atoms with Crippen LogP contribution in [-0.2, 0) is 4.79 Å². The maximum absolute atomic E-state index is 11.7. The number of amides is 1. The molecule has 2 heterocycles. The van der Waals surface area contributed by atoms with Gasteiger partial charge in [0.2, 0.25) is 0 Å². The van der Waals surface area contributed by atoms with Gasteiger partial charge in [-0.1, -0.05) is 0 Å². The quantitative estimate of drug-likeness (QED) is 0.778. The summed E-state index contributed by atoms with van der Waals surface area (Å²) >= 11 is 2.82. The molecule has 17 heavy (non-hydrogen) atoms. The topological polar surface area (TPSA) is 86.6 Å². The monoisotopic (exact) mass is 271 g/mol. The van der Waals surface area contributed by atoms with Gasteiger partial charge < -0.3 is 15.5 Å². The van der Waals surface area contributed by atoms with Crippen LogP contribution < -0.4 is 5.32 Å². The fourth-order valence-electron chi connectivity index (χ4n) is 1.29. The average molecular weight is 271 g/mol. The van der Waals surface area contributed by atoms with E-state index in [0.717, 1.165) is 9.40 Å². The molecule has 0 aliphatic carbocycles. The number of rotatable bonds is 4. The molecule has 2 rings (SSSR count). The van der Waals surface area contributed by atoms with Crippen molar-refractivity contribution in [1.82, 2.24) is 5.32 Å². The number of aliphatic hydroxyl groups excluding tert-OH is 1. The van der Waals surface area contributed by atoms with E-state index in [1.165, 1.54) is 22.7 Å². The summed E-state index contributed by atoms with van der Waals surface area (Å²) in [7, 11) is 0. The van der Waals surface area contributed by atoms with E-state index in [0.29, 0.717) is 4.88 Å². The van der Waals surface area contributed by atoms with Gasteiger partial charge in [0.25, 0.3) is 5.91 Å². The van der Waals surface area contributed by atoms with Crippen LogP contribution in [0.15, 0.2) is 17.5 Å². The Morgan fingerprint density at radius 3 is 2.76 bits per heavy atom. The van der Waals surface area contributed by atoms with Gasteiger partial charge in [-0.15, -0.1) is 22.7 Å². The summed E-state index contributed by atoms with van der Waals surface area (Å²) < 4.78 is 1.99. The molecule has 90 valence electrons. The maximum Gasteiger partial charge on any atom is 0.328 e. The molecule has 7 heteroatoms. The van der Waals surface area contributed by atoms with Gasteiger partial charge in [0.15, 0.2) is 6.04 Å². The first-order valence-corrected chi connectivity index (χ1v) is 6.43. The molecule has 0 saturated carbocycles. The number of aliphatic hydroxyl groups is 1. The lowest BCUT2D eigenvalue weighted by molar-refractivity contribution is -0.140. The van der Waals surface area contributed by atoms with Crippen molar-refractivity contribution in [3.05, 3.63) is 22.4 Å². The molecule has 0 spiro atoms. The van der Waals surface area contributed by atoms with Crippen molar-refractivity contribution >= 4 is 43.9 Å². The van der Waals surface area contributed by atoms with Crippen molar-refractivity contribution in [2.75, 3.05) is 6.61 Å². The van der Waals surface area contributed by atoms with E-state index in [1.807, 2.05) is 11.4 Å². The van der Waals surface area contributed by atoms with Crippen LogP contribution in [0.25, 0.3) is 9.40 Å². The zero-order valence-electron chi connectivity index (χ0n) is 8.54. The SMILES string of the molecule is O=C(N[C@@H](CO)C(=O)O)c1cc2sccc2s1. The van der Waals surface area contributed by atoms with Gasteiger partial charge in [0.05, 0.1) is 11.5 Å². The average Bonchev–Trinajstić information content (AvgIpc) is 2.84. The summed E-state index contributed by atoms with van der Waals surface area (Å²) in [5, 5.41) is 21.7. The molecule has 0 radical (unpaired) electrons. The van der Waals surface area contributed by atoms with Gasteiger partial charge in [-0.25, -0.2) is 4.79 Å². The van der Waals surface area contributed by atoms with Gasteiger partial charge >= 0.3 is 5.97 Å². The lowest BCUT2D eigenvalue weighted by Gasteiger charge is -2.10. The molecule has 2 aromatic heterocycles. The predicted molar refractivity (Wildman–Crippen MR) is 65.7 cm³/mol. The minimum atomic E-state index is -1.26. The van der Waals surface area contributed by atoms with Gasteiger partial charge in [-0.05, 0) is 17.5 Å². The lowest BCUT2D eigenvalue weighted by atomic mass is 10.3. The number of carboxylic acids is 1. The van der Waals surface area contributed by atoms with Crippen molar-refractivity contribution < 1.29 is 19.8 Å². The molecule has 0 saturated heterocycles. The third-order valence-corrected chi connectivity index (χ3v) is 4.24. The zero-order valence-corrected chi connectivity index (χ0v) is 10.2. The van der Waals surface area contributed by atoms with Crippen LogP contribution >= 0.6 is 22.7 Å². The Balaban J connectivity index is 2.15. The van der Waals surface area contributed by atoms with E-state index in [4.69, 9.17) is 10.2 Å². The predicted octanol–water partition coefficient (Wildman–Crippen LogP) is 1.14. The number of carbonyl (C=O) groups is 2. The Bertz CT molecular complexity index is 531. The van der Waals surface area contributed by atoms with Gasteiger partial charge in [0.1, 0.15) is 0 Å². The fraction of sp³-hybridized carbons (Fsp3) is 0.200. The van der Waals surface area contributed by atoms with Crippen molar-refractivity contribution in [3.63, 3.8) is 0 Å². The Hall–Kier alpha value is -1.44. The molecule has 0 fully saturated rings. The van der Waals surface area contributed by atoms with Crippen molar-refractivity contribution in [3.8, 4) is 0 Å². The normalized spacial score (nSPS) is 12.5. The Morgan fingerprint density at radius 2 is 2.18 bits per heavy atom. The highest BCUT2D eigenvalue weighted by molar-refractivity contribution is 7.27. The van der Waals surface area contributed by atoms with Crippen LogP contribution in [0.2, 0.25) is 0 Å². The van der Waals surface area contributed by atoms with E-state index in [1.54, 1.807) is 6.07 Å². The van der Waals surface area contributed by atoms with Crippen LogP contribution in [-0.4, -0.2) is 34.7 Å². The minimum Gasteiger partial charge on any atom is -0.480 e. The maximum atomic E-state index is 11.7. The zero-order chi connectivity index (χ0) is 12.4. The summed E-state index contributed by atoms with van der Waals surface area (Å²) in [6.07, 6.45) is 0. The second kappa shape index (κ2) is 4.82. The second-order valence-corrected chi connectivity index (χ2v) is 5.34. The summed E-state index contributed by atoms with van der Waals surface area (Å²) in [6, 6.07) is 2.36. The number of fused-ring (bicyclic) bond motifs is 1. The molecule has 5 nitrogen and oxygen atoms in total. The Kier molecular flexibility index (Phi) is 3.41. The number of aliphatic carboxylic acids is 1. The van der Waals surface area contributed by atoms with Crippen LogP contribution in [0.5, 0.6) is 0 Å². The van der Waals surface area contributed by atoms with Crippen LogP contribution in [0.1, 0.15) is 9.67 Å². The number of carbonyl (C=O) groups excluding carboxylic acids is 1. The standard InChI is InChI=1S/C10H9NO4S2/c12-4-5(10(14)15)11-9(13)8-3-7-6(17-8)1-2-16-7/h1-3,5,12H,4H2,(H,11,13)(H,14,15)/t5-/m0/s1. The van der Waals surface area contributed by atoms with Gasteiger partial charge in [-0.3, -0.25) is 4.79 Å². The third kappa shape index (κ3) is 2.46. The highest BCUT2D eigenvalue weighted by atomic mass is 32.1. The molecule has 0 aliphatic rings. The van der Waals surface area contributed by atoms with Gasteiger partial charge in [-0.2, -0.15) is 0 Å². The van der Waals surface area contributed by atoms with E-state index >= 15 is 0 Å². The van der Waals surface area contributed by atoms with E-state index in [-0.39, 0.29) is 0 Å². The number of thiophene rings is 2. The second-order valence-electron chi connectivity index (χ2n) is 3.31. The van der Waals surface area contributed by atoms with E-state index < -0.39 is 24.5 Å². The highest BCUT2D eigenvalue weighted by Crippen LogP contribution is 2.29. The number of nitrogens with one attached hydrogen (secondary N) is 1. The number of hydrogen-bond acceptors (Lipinski definition) is 5. The van der Waals surface area contributed by atoms with Crippen LogP contribution in [0, 0.1) is 0 Å². The largest absolute Gasteiger partial charge is 0.480 e. The van der Waals surface area contributed by atoms with Crippen LogP contribution in [0.3, 0.4) is 0 Å².